The maximum atomic E-state index is 13.0. The maximum absolute atomic E-state index is 13.0. The normalized spacial score (nSPS) is 11.4. The van der Waals surface area contributed by atoms with E-state index < -0.39 is 11.2 Å². The molecule has 0 aliphatic rings. The number of hydrogen-bond acceptors (Lipinski definition) is 5. The van der Waals surface area contributed by atoms with E-state index in [4.69, 9.17) is 14.5 Å². The van der Waals surface area contributed by atoms with E-state index in [2.05, 4.69) is 0 Å². The lowest BCUT2D eigenvalue weighted by molar-refractivity contribution is 0.411. The number of methoxy groups -OCH3 is 2. The van der Waals surface area contributed by atoms with Crippen LogP contribution in [0.15, 0.2) is 58.3 Å². The van der Waals surface area contributed by atoms with Crippen molar-refractivity contribution in [2.75, 3.05) is 14.2 Å². The summed E-state index contributed by atoms with van der Waals surface area (Å²) in [5.41, 5.74) is 3.42. The van der Waals surface area contributed by atoms with Gasteiger partial charge in [0.25, 0.3) is 5.56 Å². The summed E-state index contributed by atoms with van der Waals surface area (Å²) < 4.78 is 16.9. The second-order valence-electron chi connectivity index (χ2n) is 7.89. The highest BCUT2D eigenvalue weighted by Gasteiger charge is 2.22. The number of ether oxygens (including phenoxy) is 2. The molecule has 2 aromatic carbocycles. The Labute approximate surface area is 188 Å². The van der Waals surface area contributed by atoms with Crippen molar-refractivity contribution in [3.8, 4) is 28.4 Å². The molecule has 0 N–H and O–H groups in total. The fourth-order valence-corrected chi connectivity index (χ4v) is 4.19. The first kappa shape index (κ1) is 20.6. The van der Waals surface area contributed by atoms with Crippen LogP contribution in [0, 0.1) is 6.92 Å². The van der Waals surface area contributed by atoms with Crippen molar-refractivity contribution in [1.29, 1.82) is 0 Å². The predicted octanol–water partition coefficient (Wildman–Crippen LogP) is 2.67. The van der Waals surface area contributed by atoms with Gasteiger partial charge in [0, 0.05) is 31.5 Å². The molecule has 0 unspecified atom stereocenters. The molecule has 0 radical (unpaired) electrons. The van der Waals surface area contributed by atoms with Crippen molar-refractivity contribution in [2.24, 2.45) is 14.1 Å². The van der Waals surface area contributed by atoms with E-state index in [1.165, 1.54) is 11.6 Å². The first-order valence-electron chi connectivity index (χ1n) is 10.3. The van der Waals surface area contributed by atoms with Crippen LogP contribution in [0.4, 0.5) is 0 Å². The van der Waals surface area contributed by atoms with E-state index in [0.717, 1.165) is 38.6 Å². The number of fused-ring (bicyclic) bond motifs is 3. The summed E-state index contributed by atoms with van der Waals surface area (Å²) >= 11 is 0. The molecule has 3 aromatic heterocycles. The van der Waals surface area contributed by atoms with E-state index >= 15 is 0 Å². The Morgan fingerprint density at radius 2 is 1.64 bits per heavy atom. The van der Waals surface area contributed by atoms with E-state index in [0.29, 0.717) is 16.9 Å². The first-order valence-corrected chi connectivity index (χ1v) is 10.3. The van der Waals surface area contributed by atoms with Crippen LogP contribution in [-0.4, -0.2) is 37.3 Å². The quantitative estimate of drug-likeness (QED) is 0.425. The number of rotatable bonds is 4. The molecule has 0 saturated heterocycles. The first-order chi connectivity index (χ1) is 15.8. The van der Waals surface area contributed by atoms with Crippen molar-refractivity contribution in [2.45, 2.75) is 6.92 Å². The summed E-state index contributed by atoms with van der Waals surface area (Å²) in [5.74, 6) is 2.05. The average Bonchev–Trinajstić information content (AvgIpc) is 3.38. The van der Waals surface area contributed by atoms with E-state index in [1.54, 1.807) is 25.7 Å². The lowest BCUT2D eigenvalue weighted by Gasteiger charge is -2.12. The summed E-state index contributed by atoms with van der Waals surface area (Å²) in [7, 11) is 6.34. The molecule has 5 aromatic rings. The third kappa shape index (κ3) is 2.96. The molecule has 0 aliphatic heterocycles. The van der Waals surface area contributed by atoms with Gasteiger partial charge in [-0.1, -0.05) is 0 Å². The second-order valence-corrected chi connectivity index (χ2v) is 7.89. The van der Waals surface area contributed by atoms with Gasteiger partial charge in [-0.3, -0.25) is 22.9 Å². The van der Waals surface area contributed by atoms with Gasteiger partial charge in [0.1, 0.15) is 11.5 Å². The molecule has 3 heterocycles. The molecular weight excluding hydrogens is 422 g/mol. The van der Waals surface area contributed by atoms with Gasteiger partial charge in [0.2, 0.25) is 5.78 Å². The Balaban J connectivity index is 1.91. The van der Waals surface area contributed by atoms with Crippen LogP contribution in [0.25, 0.3) is 33.9 Å². The fourth-order valence-electron chi connectivity index (χ4n) is 4.19. The minimum absolute atomic E-state index is 0.332. The number of imidazole rings is 2. The van der Waals surface area contributed by atoms with Crippen molar-refractivity contribution in [1.82, 2.24) is 23.1 Å². The zero-order chi connectivity index (χ0) is 23.4. The van der Waals surface area contributed by atoms with Crippen LogP contribution in [0.3, 0.4) is 0 Å². The highest BCUT2D eigenvalue weighted by Crippen LogP contribution is 2.31. The lowest BCUT2D eigenvalue weighted by atomic mass is 10.1. The van der Waals surface area contributed by atoms with Gasteiger partial charge in [-0.15, -0.1) is 0 Å². The minimum Gasteiger partial charge on any atom is -0.497 e. The number of benzene rings is 2. The highest BCUT2D eigenvalue weighted by molar-refractivity contribution is 5.79. The van der Waals surface area contributed by atoms with Gasteiger partial charge in [-0.2, -0.15) is 4.98 Å². The Hall–Kier alpha value is -4.27. The fraction of sp³-hybridized carbons (Fsp3) is 0.208. The van der Waals surface area contributed by atoms with Crippen LogP contribution in [0.2, 0.25) is 0 Å². The SMILES string of the molecule is COc1ccc(-c2cn3c4c(=O)n(C)c(=O)n(C)c4nc3n2-c2ccc(OC)c(C)c2)cc1. The van der Waals surface area contributed by atoms with E-state index in [1.807, 2.05) is 60.2 Å². The number of aryl methyl sites for hydroxylation is 2. The molecule has 0 atom stereocenters. The summed E-state index contributed by atoms with van der Waals surface area (Å²) in [5, 5.41) is 0. The van der Waals surface area contributed by atoms with Gasteiger partial charge in [-0.05, 0) is 55.0 Å². The Morgan fingerprint density at radius 3 is 2.27 bits per heavy atom. The molecular formula is C24H23N5O4. The van der Waals surface area contributed by atoms with Crippen LogP contribution < -0.4 is 20.7 Å². The van der Waals surface area contributed by atoms with Gasteiger partial charge < -0.3 is 9.47 Å². The highest BCUT2D eigenvalue weighted by atomic mass is 16.5. The summed E-state index contributed by atoms with van der Waals surface area (Å²) in [4.78, 5) is 30.2. The molecule has 5 rings (SSSR count). The lowest BCUT2D eigenvalue weighted by Crippen LogP contribution is -2.37. The molecule has 0 spiro atoms. The molecule has 33 heavy (non-hydrogen) atoms. The van der Waals surface area contributed by atoms with Gasteiger partial charge in [0.15, 0.2) is 11.2 Å². The van der Waals surface area contributed by atoms with Crippen molar-refractivity contribution in [3.05, 3.63) is 75.1 Å². The topological polar surface area (TPSA) is 84.7 Å². The predicted molar refractivity (Wildman–Crippen MR) is 126 cm³/mol. The van der Waals surface area contributed by atoms with Crippen LogP contribution in [-0.2, 0) is 14.1 Å². The van der Waals surface area contributed by atoms with Crippen LogP contribution in [0.5, 0.6) is 11.5 Å². The number of nitrogens with zero attached hydrogens (tertiary/aromatic N) is 5. The zero-order valence-electron chi connectivity index (χ0n) is 19.0. The molecule has 0 aliphatic carbocycles. The zero-order valence-corrected chi connectivity index (χ0v) is 19.0. The Morgan fingerprint density at radius 1 is 0.909 bits per heavy atom. The maximum Gasteiger partial charge on any atom is 0.332 e. The summed E-state index contributed by atoms with van der Waals surface area (Å²) in [6, 6.07) is 13.5. The molecule has 0 fully saturated rings. The minimum atomic E-state index is -0.421. The van der Waals surface area contributed by atoms with Crippen molar-refractivity contribution < 1.29 is 9.47 Å². The number of hydrogen-bond donors (Lipinski definition) is 0. The van der Waals surface area contributed by atoms with Crippen LogP contribution in [0.1, 0.15) is 5.56 Å². The second kappa shape index (κ2) is 7.40. The third-order valence-corrected chi connectivity index (χ3v) is 5.99. The third-order valence-electron chi connectivity index (χ3n) is 5.99. The van der Waals surface area contributed by atoms with Gasteiger partial charge in [-0.25, -0.2) is 4.79 Å². The summed E-state index contributed by atoms with van der Waals surface area (Å²) in [6.45, 7) is 1.97. The van der Waals surface area contributed by atoms with Gasteiger partial charge >= 0.3 is 5.69 Å². The van der Waals surface area contributed by atoms with Gasteiger partial charge in [0.05, 0.1) is 19.9 Å². The molecule has 0 saturated carbocycles. The molecule has 9 nitrogen and oxygen atoms in total. The Bertz CT molecular complexity index is 1650. The van der Waals surface area contributed by atoms with Crippen LogP contribution >= 0.6 is 0 Å². The molecule has 0 amide bonds. The standard InChI is InChI=1S/C24H23N5O4/c1-14-12-16(8-11-19(14)33-5)29-18(15-6-9-17(32-4)10-7-15)13-28-20-21(25-23(28)29)26(2)24(31)27(3)22(20)30/h6-13H,1-5H3. The van der Waals surface area contributed by atoms with E-state index in [9.17, 15) is 9.59 Å². The molecule has 0 bridgehead atoms. The monoisotopic (exact) mass is 445 g/mol. The average molecular weight is 445 g/mol. The largest absolute Gasteiger partial charge is 0.497 e. The summed E-state index contributed by atoms with van der Waals surface area (Å²) in [6.07, 6.45) is 1.87. The molecule has 9 heteroatoms. The van der Waals surface area contributed by atoms with Crippen molar-refractivity contribution in [3.63, 3.8) is 0 Å². The van der Waals surface area contributed by atoms with E-state index in [-0.39, 0.29) is 0 Å². The number of aromatic nitrogens is 5. The smallest absolute Gasteiger partial charge is 0.332 e. The Kier molecular flexibility index (Phi) is 4.63. The molecule has 168 valence electrons. The van der Waals surface area contributed by atoms with Crippen molar-refractivity contribution >= 4 is 16.9 Å².